The summed E-state index contributed by atoms with van der Waals surface area (Å²) in [5.41, 5.74) is 8.88. The molecule has 1 aliphatic rings. The molecule has 7 heteroatoms. The van der Waals surface area contributed by atoms with Crippen LogP contribution in [-0.2, 0) is 16.1 Å². The molecule has 1 aliphatic heterocycles. The van der Waals surface area contributed by atoms with Crippen molar-refractivity contribution in [3.05, 3.63) is 89.7 Å². The minimum atomic E-state index is -0.955. The highest BCUT2D eigenvalue weighted by atomic mass is 19.1. The summed E-state index contributed by atoms with van der Waals surface area (Å²) in [6.45, 7) is 1.06. The lowest BCUT2D eigenvalue weighted by Crippen LogP contribution is -2.28. The van der Waals surface area contributed by atoms with Crippen LogP contribution < -0.4 is 21.3 Å². The van der Waals surface area contributed by atoms with E-state index >= 15 is 0 Å². The Hall–Kier alpha value is -3.71. The number of nitrogens with one attached hydrogen (secondary N) is 2. The van der Waals surface area contributed by atoms with Gasteiger partial charge in [-0.25, -0.2) is 4.39 Å². The highest BCUT2D eigenvalue weighted by molar-refractivity contribution is 5.98. The molecule has 0 spiro atoms. The molecule has 0 bridgehead atoms. The third kappa shape index (κ3) is 4.78. The number of amides is 2. The molecule has 1 heterocycles. The van der Waals surface area contributed by atoms with Crippen LogP contribution in [0.25, 0.3) is 0 Å². The number of benzene rings is 3. The van der Waals surface area contributed by atoms with E-state index in [1.54, 1.807) is 47.4 Å². The molecule has 1 unspecified atom stereocenters. The molecule has 2 amide bonds. The van der Waals surface area contributed by atoms with Gasteiger partial charge in [0.1, 0.15) is 11.9 Å². The molecule has 0 aliphatic carbocycles. The summed E-state index contributed by atoms with van der Waals surface area (Å²) in [7, 11) is 0. The van der Waals surface area contributed by atoms with Crippen LogP contribution in [0.4, 0.5) is 21.5 Å². The van der Waals surface area contributed by atoms with Gasteiger partial charge >= 0.3 is 0 Å². The van der Waals surface area contributed by atoms with E-state index in [-0.39, 0.29) is 11.5 Å². The Kier molecular flexibility index (Phi) is 6.47. The Balaban J connectivity index is 1.56. The molecular formula is C25H25FN4O2. The second-order valence-electron chi connectivity index (χ2n) is 7.69. The van der Waals surface area contributed by atoms with Crippen LogP contribution in [0.1, 0.15) is 30.0 Å². The number of rotatable bonds is 7. The smallest absolute Gasteiger partial charge is 0.251 e. The molecule has 0 saturated carbocycles. The predicted octanol–water partition coefficient (Wildman–Crippen LogP) is 4.20. The van der Waals surface area contributed by atoms with E-state index < -0.39 is 17.8 Å². The van der Waals surface area contributed by atoms with Crippen LogP contribution >= 0.6 is 0 Å². The number of nitrogens with zero attached hydrogens (tertiary/aromatic N) is 1. The third-order valence-electron chi connectivity index (χ3n) is 5.47. The Morgan fingerprint density at radius 3 is 2.50 bits per heavy atom. The van der Waals surface area contributed by atoms with Crippen molar-refractivity contribution < 1.29 is 14.0 Å². The summed E-state index contributed by atoms with van der Waals surface area (Å²) in [5.74, 6) is -0.776. The van der Waals surface area contributed by atoms with E-state index in [0.717, 1.165) is 17.7 Å². The average molecular weight is 432 g/mol. The maximum atomic E-state index is 14.6. The summed E-state index contributed by atoms with van der Waals surface area (Å²) in [6, 6.07) is 19.7. The zero-order valence-corrected chi connectivity index (χ0v) is 17.6. The van der Waals surface area contributed by atoms with Gasteiger partial charge in [-0.1, -0.05) is 30.3 Å². The van der Waals surface area contributed by atoms with Crippen LogP contribution in [0.15, 0.2) is 72.8 Å². The number of carbonyl (C=O) groups is 2. The largest absolute Gasteiger partial charge is 0.370 e. The molecule has 0 aromatic heterocycles. The first-order chi connectivity index (χ1) is 15.5. The zero-order chi connectivity index (χ0) is 22.5. The predicted molar refractivity (Wildman–Crippen MR) is 124 cm³/mol. The molecule has 3 aromatic rings. The molecule has 1 saturated heterocycles. The Bertz CT molecular complexity index is 1120. The normalized spacial score (nSPS) is 14.3. The van der Waals surface area contributed by atoms with E-state index in [4.69, 9.17) is 5.73 Å². The molecule has 4 N–H and O–H groups in total. The van der Waals surface area contributed by atoms with E-state index in [1.807, 2.05) is 24.3 Å². The quantitative estimate of drug-likeness (QED) is 0.522. The molecule has 4 rings (SSSR count). The molecule has 0 radical (unpaired) electrons. The van der Waals surface area contributed by atoms with Crippen molar-refractivity contribution in [3.8, 4) is 0 Å². The van der Waals surface area contributed by atoms with Crippen molar-refractivity contribution in [1.29, 1.82) is 0 Å². The van der Waals surface area contributed by atoms with Crippen LogP contribution in [-0.4, -0.2) is 18.4 Å². The van der Waals surface area contributed by atoms with Crippen molar-refractivity contribution in [2.75, 3.05) is 22.1 Å². The molecule has 32 heavy (non-hydrogen) atoms. The fraction of sp³-hybridized carbons (Fsp3) is 0.200. The van der Waals surface area contributed by atoms with Crippen molar-refractivity contribution in [1.82, 2.24) is 0 Å². The Labute approximate surface area is 186 Å². The lowest BCUT2D eigenvalue weighted by Gasteiger charge is -2.21. The van der Waals surface area contributed by atoms with Gasteiger partial charge in [0, 0.05) is 42.1 Å². The second-order valence-corrected chi connectivity index (χ2v) is 7.69. The highest BCUT2D eigenvalue weighted by Crippen LogP contribution is 2.26. The summed E-state index contributed by atoms with van der Waals surface area (Å²) < 4.78 is 14.6. The molecule has 164 valence electrons. The molecule has 1 fully saturated rings. The van der Waals surface area contributed by atoms with Gasteiger partial charge in [0.25, 0.3) is 5.91 Å². The van der Waals surface area contributed by atoms with E-state index in [0.29, 0.717) is 30.9 Å². The van der Waals surface area contributed by atoms with Crippen molar-refractivity contribution in [3.63, 3.8) is 0 Å². The first kappa shape index (κ1) is 21.5. The third-order valence-corrected chi connectivity index (χ3v) is 5.47. The van der Waals surface area contributed by atoms with E-state index in [1.165, 1.54) is 6.07 Å². The standard InChI is InChI=1S/C25H25FN4O2/c26-22-8-2-1-7-21(22)24(28-19-6-3-5-17(15-19)16-27)25(32)29-18-10-12-20(13-11-18)30-14-4-9-23(30)31/h1-3,5-8,10-13,15,24,28H,4,9,14,16,27H2,(H,29,32). The topological polar surface area (TPSA) is 87.5 Å². The minimum absolute atomic E-state index is 0.102. The fourth-order valence-corrected chi connectivity index (χ4v) is 3.81. The highest BCUT2D eigenvalue weighted by Gasteiger charge is 2.25. The van der Waals surface area contributed by atoms with Gasteiger partial charge in [0.2, 0.25) is 5.91 Å². The summed E-state index contributed by atoms with van der Waals surface area (Å²) >= 11 is 0. The number of nitrogens with two attached hydrogens (primary N) is 1. The van der Waals surface area contributed by atoms with Gasteiger partial charge in [0.05, 0.1) is 0 Å². The average Bonchev–Trinajstić information content (AvgIpc) is 3.24. The van der Waals surface area contributed by atoms with Crippen LogP contribution in [0.3, 0.4) is 0 Å². The van der Waals surface area contributed by atoms with Gasteiger partial charge in [-0.2, -0.15) is 0 Å². The van der Waals surface area contributed by atoms with Gasteiger partial charge in [-0.3, -0.25) is 9.59 Å². The fourth-order valence-electron chi connectivity index (χ4n) is 3.81. The maximum absolute atomic E-state index is 14.6. The molecular weight excluding hydrogens is 407 g/mol. The number of hydrogen-bond acceptors (Lipinski definition) is 4. The van der Waals surface area contributed by atoms with Gasteiger partial charge in [0.15, 0.2) is 0 Å². The number of anilines is 3. The first-order valence-electron chi connectivity index (χ1n) is 10.6. The second kappa shape index (κ2) is 9.62. The van der Waals surface area contributed by atoms with E-state index in [2.05, 4.69) is 10.6 Å². The lowest BCUT2D eigenvalue weighted by molar-refractivity contribution is -0.117. The summed E-state index contributed by atoms with van der Waals surface area (Å²) in [5, 5.41) is 5.98. The summed E-state index contributed by atoms with van der Waals surface area (Å²) in [6.07, 6.45) is 1.40. The number of hydrogen-bond donors (Lipinski definition) is 3. The number of carbonyl (C=O) groups excluding carboxylic acids is 2. The first-order valence-corrected chi connectivity index (χ1v) is 10.6. The molecule has 1 atom stereocenters. The summed E-state index contributed by atoms with van der Waals surface area (Å²) in [4.78, 5) is 26.9. The van der Waals surface area contributed by atoms with Crippen LogP contribution in [0.2, 0.25) is 0 Å². The van der Waals surface area contributed by atoms with Crippen LogP contribution in [0.5, 0.6) is 0 Å². The van der Waals surface area contributed by atoms with Gasteiger partial charge < -0.3 is 21.3 Å². The maximum Gasteiger partial charge on any atom is 0.251 e. The van der Waals surface area contributed by atoms with Crippen molar-refractivity contribution in [2.24, 2.45) is 5.73 Å². The molecule has 6 nitrogen and oxygen atoms in total. The van der Waals surface area contributed by atoms with Crippen LogP contribution in [0, 0.1) is 5.82 Å². The van der Waals surface area contributed by atoms with E-state index in [9.17, 15) is 14.0 Å². The molecule has 3 aromatic carbocycles. The Morgan fingerprint density at radius 2 is 1.81 bits per heavy atom. The van der Waals surface area contributed by atoms with Crippen molar-refractivity contribution in [2.45, 2.75) is 25.4 Å². The SMILES string of the molecule is NCc1cccc(NC(C(=O)Nc2ccc(N3CCCC3=O)cc2)c2ccccc2F)c1. The minimum Gasteiger partial charge on any atom is -0.370 e. The monoisotopic (exact) mass is 432 g/mol. The zero-order valence-electron chi connectivity index (χ0n) is 17.6. The van der Waals surface area contributed by atoms with Gasteiger partial charge in [-0.15, -0.1) is 0 Å². The number of halogens is 1. The lowest BCUT2D eigenvalue weighted by atomic mass is 10.0. The van der Waals surface area contributed by atoms with Gasteiger partial charge in [-0.05, 0) is 54.4 Å². The van der Waals surface area contributed by atoms with Crippen molar-refractivity contribution >= 4 is 28.9 Å². The Morgan fingerprint density at radius 1 is 1.03 bits per heavy atom.